The molecule has 2 aliphatic heterocycles. The van der Waals surface area contributed by atoms with Gasteiger partial charge in [0.25, 0.3) is 0 Å². The summed E-state index contributed by atoms with van der Waals surface area (Å²) in [6.45, 7) is 2.86. The van der Waals surface area contributed by atoms with Gasteiger partial charge in [-0.25, -0.2) is 23.4 Å². The number of nitrogens with two attached hydrogens (primary N) is 1. The van der Waals surface area contributed by atoms with Gasteiger partial charge in [-0.3, -0.25) is 10.4 Å². The van der Waals surface area contributed by atoms with Crippen molar-refractivity contribution in [2.45, 2.75) is 36.9 Å². The minimum absolute atomic E-state index is 0.0159. The normalized spacial score (nSPS) is 19.7. The Labute approximate surface area is 177 Å². The van der Waals surface area contributed by atoms with E-state index in [1.807, 2.05) is 0 Å². The highest BCUT2D eigenvalue weighted by atomic mass is 32.2. The van der Waals surface area contributed by atoms with Gasteiger partial charge in [0.05, 0.1) is 11.8 Å². The molecule has 0 spiro atoms. The molecule has 0 saturated heterocycles. The maximum absolute atomic E-state index is 13.6. The second-order valence-corrected chi connectivity index (χ2v) is 8.92. The zero-order valence-electron chi connectivity index (χ0n) is 16.4. The number of alkyl halides is 5. The van der Waals surface area contributed by atoms with Gasteiger partial charge in [0.2, 0.25) is 5.84 Å². The summed E-state index contributed by atoms with van der Waals surface area (Å²) in [7, 11) is -3.94. The van der Waals surface area contributed by atoms with E-state index < -0.39 is 45.5 Å². The van der Waals surface area contributed by atoms with Gasteiger partial charge < -0.3 is 10.9 Å². The molecule has 16 heteroatoms. The Kier molecular flexibility index (Phi) is 5.61. The van der Waals surface area contributed by atoms with Gasteiger partial charge in [-0.15, -0.1) is 0 Å². The van der Waals surface area contributed by atoms with Crippen molar-refractivity contribution >= 4 is 33.2 Å². The predicted molar refractivity (Wildman–Crippen MR) is 104 cm³/mol. The van der Waals surface area contributed by atoms with Gasteiger partial charge in [-0.05, 0) is 19.1 Å². The fourth-order valence-electron chi connectivity index (χ4n) is 2.79. The van der Waals surface area contributed by atoms with E-state index in [0.717, 1.165) is 17.3 Å². The third-order valence-corrected chi connectivity index (χ3v) is 6.27. The Hall–Kier alpha value is -3.30. The first kappa shape index (κ1) is 23.4. The third-order valence-electron chi connectivity index (χ3n) is 4.54. The van der Waals surface area contributed by atoms with Crippen molar-refractivity contribution in [2.75, 3.05) is 10.8 Å². The molecule has 1 atom stereocenters. The molecule has 1 aromatic heterocycles. The Morgan fingerprint density at radius 1 is 1.31 bits per heavy atom. The Morgan fingerprint density at radius 3 is 2.53 bits per heavy atom. The van der Waals surface area contributed by atoms with Gasteiger partial charge in [0.1, 0.15) is 10.6 Å². The van der Waals surface area contributed by atoms with Gasteiger partial charge in [0.15, 0.2) is 27.3 Å². The second kappa shape index (κ2) is 7.68. The van der Waals surface area contributed by atoms with Crippen molar-refractivity contribution in [3.05, 3.63) is 29.6 Å². The zero-order chi connectivity index (χ0) is 24.1. The molecule has 0 aliphatic carbocycles. The van der Waals surface area contributed by atoms with Crippen LogP contribution in [0.5, 0.6) is 0 Å². The van der Waals surface area contributed by atoms with Crippen molar-refractivity contribution in [3.8, 4) is 0 Å². The third kappa shape index (κ3) is 3.85. The summed E-state index contributed by atoms with van der Waals surface area (Å²) >= 11 is 0. The van der Waals surface area contributed by atoms with Crippen LogP contribution in [0.15, 0.2) is 44.1 Å². The lowest BCUT2D eigenvalue weighted by molar-refractivity contribution is -0.249. The summed E-state index contributed by atoms with van der Waals surface area (Å²) in [6.07, 6.45) is -3.58. The van der Waals surface area contributed by atoms with Crippen LogP contribution in [0, 0.1) is 0 Å². The molecule has 0 fully saturated rings. The van der Waals surface area contributed by atoms with E-state index in [-0.39, 0.29) is 27.7 Å². The van der Waals surface area contributed by atoms with Gasteiger partial charge >= 0.3 is 12.1 Å². The van der Waals surface area contributed by atoms with Crippen LogP contribution in [0.4, 0.5) is 27.8 Å². The van der Waals surface area contributed by atoms with Crippen LogP contribution in [-0.2, 0) is 9.84 Å². The number of nitrogens with one attached hydrogen (secondary N) is 1. The zero-order valence-corrected chi connectivity index (χ0v) is 17.2. The molecular formula is C16H16F5N7O3S. The summed E-state index contributed by atoms with van der Waals surface area (Å²) in [4.78, 5) is 10.2. The largest absolute Gasteiger partial charge is 0.461 e. The average Bonchev–Trinajstić information content (AvgIpc) is 3.14. The van der Waals surface area contributed by atoms with E-state index in [4.69, 9.17) is 10.9 Å². The number of aliphatic imine (C=N–C) groups is 2. The summed E-state index contributed by atoms with van der Waals surface area (Å²) in [5.74, 6) is -8.44. The highest BCUT2D eigenvalue weighted by Gasteiger charge is 2.62. The number of hydrazine groups is 1. The molecule has 0 radical (unpaired) electrons. The van der Waals surface area contributed by atoms with Crippen molar-refractivity contribution in [2.24, 2.45) is 20.9 Å². The summed E-state index contributed by atoms with van der Waals surface area (Å²) in [5, 5.41) is 12.7. The lowest BCUT2D eigenvalue weighted by atomic mass is 10.2. The lowest BCUT2D eigenvalue weighted by Crippen LogP contribution is -2.51. The quantitative estimate of drug-likeness (QED) is 0.190. The topological polar surface area (TPSA) is 146 Å². The number of fused-ring (bicyclic) bond motifs is 1. The number of hydrogen-bond donors (Lipinski definition) is 3. The SMILES string of the molecule is CCS(=O)(=O)c1cc(C(N)=NO)cnc1N1NC2=NC(C(F)(F)C(F)(F)F)=NC2=CC1C. The average molecular weight is 481 g/mol. The highest BCUT2D eigenvalue weighted by Crippen LogP contribution is 2.39. The van der Waals surface area contributed by atoms with Crippen LogP contribution >= 0.6 is 0 Å². The maximum Gasteiger partial charge on any atom is 0.461 e. The summed E-state index contributed by atoms with van der Waals surface area (Å²) in [6, 6.07) is 0.305. The van der Waals surface area contributed by atoms with E-state index in [1.165, 1.54) is 19.9 Å². The second-order valence-electron chi connectivity index (χ2n) is 6.68. The highest BCUT2D eigenvalue weighted by molar-refractivity contribution is 7.91. The first-order valence-electron chi connectivity index (χ1n) is 8.84. The molecule has 0 bridgehead atoms. The Morgan fingerprint density at radius 2 is 1.97 bits per heavy atom. The Balaban J connectivity index is 2.07. The molecule has 0 amide bonds. The van der Waals surface area contributed by atoms with Gasteiger partial charge in [-0.2, -0.15) is 22.0 Å². The van der Waals surface area contributed by atoms with E-state index >= 15 is 0 Å². The van der Waals surface area contributed by atoms with E-state index in [1.54, 1.807) is 0 Å². The van der Waals surface area contributed by atoms with Gasteiger partial charge in [-0.1, -0.05) is 12.1 Å². The number of anilines is 1. The van der Waals surface area contributed by atoms with Crippen LogP contribution in [0.3, 0.4) is 0 Å². The van der Waals surface area contributed by atoms with Gasteiger partial charge in [0, 0.05) is 11.8 Å². The molecule has 4 N–H and O–H groups in total. The first-order chi connectivity index (χ1) is 14.7. The van der Waals surface area contributed by atoms with Crippen molar-refractivity contribution in [1.82, 2.24) is 10.4 Å². The molecule has 3 rings (SSSR count). The fraction of sp³-hybridized carbons (Fsp3) is 0.375. The van der Waals surface area contributed by atoms with Crippen LogP contribution in [0.2, 0.25) is 0 Å². The molecule has 0 aromatic carbocycles. The number of oxime groups is 1. The standard InChI is InChI=1S/C16H16F5N7O3S/c1-3-32(30,31)10-5-8(11(22)27-29)6-23-13(10)28-7(2)4-9-12(26-28)25-14(24-9)15(17,18)16(19,20)21/h4-7,29H,3H2,1-2H3,(H2,22,27)(H,24,25,26). The molecule has 2 aliphatic rings. The number of halogens is 5. The van der Waals surface area contributed by atoms with Crippen molar-refractivity contribution in [3.63, 3.8) is 0 Å². The number of pyridine rings is 1. The predicted octanol–water partition coefficient (Wildman–Crippen LogP) is 1.57. The Bertz CT molecular complexity index is 1170. The number of sulfone groups is 1. The number of amidine groups is 3. The molecule has 3 heterocycles. The molecule has 1 aromatic rings. The molecular weight excluding hydrogens is 465 g/mol. The minimum Gasteiger partial charge on any atom is -0.409 e. The molecule has 10 nitrogen and oxygen atoms in total. The molecule has 0 saturated carbocycles. The monoisotopic (exact) mass is 481 g/mol. The van der Waals surface area contributed by atoms with E-state index in [2.05, 4.69) is 25.6 Å². The molecule has 174 valence electrons. The first-order valence-corrected chi connectivity index (χ1v) is 10.5. The number of hydrogen-bond acceptors (Lipinski definition) is 9. The van der Waals surface area contributed by atoms with E-state index in [9.17, 15) is 30.4 Å². The fourth-order valence-corrected chi connectivity index (χ4v) is 3.83. The summed E-state index contributed by atoms with van der Waals surface area (Å²) in [5.41, 5.74) is 7.71. The molecule has 1 unspecified atom stereocenters. The van der Waals surface area contributed by atoms with Crippen LogP contribution in [0.1, 0.15) is 19.4 Å². The van der Waals surface area contributed by atoms with Crippen molar-refractivity contribution in [1.29, 1.82) is 0 Å². The van der Waals surface area contributed by atoms with Crippen LogP contribution in [0.25, 0.3) is 0 Å². The van der Waals surface area contributed by atoms with Crippen LogP contribution < -0.4 is 16.2 Å². The van der Waals surface area contributed by atoms with E-state index in [0.29, 0.717) is 0 Å². The number of nitrogens with zero attached hydrogens (tertiary/aromatic N) is 5. The maximum atomic E-state index is 13.6. The smallest absolute Gasteiger partial charge is 0.409 e. The summed E-state index contributed by atoms with van der Waals surface area (Å²) < 4.78 is 90.6. The number of rotatable bonds is 5. The van der Waals surface area contributed by atoms with Crippen LogP contribution in [-0.4, -0.2) is 60.0 Å². The number of aromatic nitrogens is 1. The van der Waals surface area contributed by atoms with Crippen molar-refractivity contribution < 1.29 is 35.6 Å². The molecule has 32 heavy (non-hydrogen) atoms. The lowest BCUT2D eigenvalue weighted by Gasteiger charge is -2.34. The minimum atomic E-state index is -5.90.